The zero-order valence-electron chi connectivity index (χ0n) is 14.0. The number of aliphatic hydroxyl groups is 1. The molecule has 1 saturated heterocycles. The minimum Gasteiger partial charge on any atom is -0.493 e. The van der Waals surface area contributed by atoms with Crippen molar-refractivity contribution in [3.05, 3.63) is 66.1 Å². The first-order valence-corrected chi connectivity index (χ1v) is 8.75. The molecule has 4 heterocycles. The van der Waals surface area contributed by atoms with Crippen molar-refractivity contribution in [3.63, 3.8) is 0 Å². The van der Waals surface area contributed by atoms with Crippen molar-refractivity contribution < 1.29 is 9.84 Å². The maximum absolute atomic E-state index is 10.1. The van der Waals surface area contributed by atoms with E-state index < -0.39 is 0 Å². The molecule has 0 amide bonds. The molecular formula is C20H21N3O2. The van der Waals surface area contributed by atoms with Crippen LogP contribution in [0, 0.1) is 5.41 Å². The Morgan fingerprint density at radius 3 is 2.96 bits per heavy atom. The van der Waals surface area contributed by atoms with Crippen molar-refractivity contribution in [3.8, 4) is 5.75 Å². The van der Waals surface area contributed by atoms with Crippen LogP contribution in [0.3, 0.4) is 0 Å². The summed E-state index contributed by atoms with van der Waals surface area (Å²) in [4.78, 5) is 7.11. The van der Waals surface area contributed by atoms with Crippen LogP contribution in [0.25, 0.3) is 5.65 Å². The van der Waals surface area contributed by atoms with Crippen molar-refractivity contribution >= 4 is 5.65 Å². The molecule has 128 valence electrons. The van der Waals surface area contributed by atoms with E-state index in [9.17, 15) is 5.11 Å². The third kappa shape index (κ3) is 2.34. The lowest BCUT2D eigenvalue weighted by molar-refractivity contribution is 0.0457. The number of hydrogen-bond acceptors (Lipinski definition) is 4. The molecular weight excluding hydrogens is 314 g/mol. The molecule has 0 saturated carbocycles. The van der Waals surface area contributed by atoms with E-state index in [0.717, 1.165) is 36.7 Å². The summed E-state index contributed by atoms with van der Waals surface area (Å²) in [6.07, 6.45) is 4.11. The standard InChI is InChI=1S/C20H21N3O2/c24-13-20-12-22(9-15-10-23-8-4-3-7-19(23)21-15)11-17(20)16-5-1-2-6-18(16)25-14-20/h1-8,10,17,24H,9,11-14H2/t17-,20-/m1/s1. The Bertz CT molecular complexity index is 889. The zero-order valence-corrected chi connectivity index (χ0v) is 14.0. The van der Waals surface area contributed by atoms with Crippen LogP contribution >= 0.6 is 0 Å². The van der Waals surface area contributed by atoms with E-state index in [-0.39, 0.29) is 12.0 Å². The zero-order chi connectivity index (χ0) is 16.9. The molecule has 3 aromatic rings. The second-order valence-corrected chi connectivity index (χ2v) is 7.27. The number of fused-ring (bicyclic) bond motifs is 4. The highest BCUT2D eigenvalue weighted by Gasteiger charge is 2.50. The molecule has 25 heavy (non-hydrogen) atoms. The Hall–Kier alpha value is -2.37. The van der Waals surface area contributed by atoms with Crippen LogP contribution in [0.2, 0.25) is 0 Å². The van der Waals surface area contributed by atoms with Gasteiger partial charge in [-0.2, -0.15) is 0 Å². The smallest absolute Gasteiger partial charge is 0.137 e. The quantitative estimate of drug-likeness (QED) is 0.798. The fraction of sp³-hybridized carbons (Fsp3) is 0.350. The molecule has 2 atom stereocenters. The number of hydrogen-bond donors (Lipinski definition) is 1. The third-order valence-electron chi connectivity index (χ3n) is 5.64. The van der Waals surface area contributed by atoms with Crippen LogP contribution in [-0.4, -0.2) is 45.7 Å². The summed E-state index contributed by atoms with van der Waals surface area (Å²) >= 11 is 0. The monoisotopic (exact) mass is 335 g/mol. The Balaban J connectivity index is 1.44. The van der Waals surface area contributed by atoms with Gasteiger partial charge in [-0.1, -0.05) is 24.3 Å². The topological polar surface area (TPSA) is 50.0 Å². The van der Waals surface area contributed by atoms with Crippen LogP contribution in [0.1, 0.15) is 17.2 Å². The van der Waals surface area contributed by atoms with Gasteiger partial charge in [-0.25, -0.2) is 4.98 Å². The SMILES string of the molecule is OC[C@]12COc3ccccc3[C@H]1CN(Cc1cn3ccccc3n1)C2. The molecule has 0 unspecified atom stereocenters. The van der Waals surface area contributed by atoms with E-state index >= 15 is 0 Å². The predicted octanol–water partition coefficient (Wildman–Crippen LogP) is 2.30. The number of imidazole rings is 1. The second kappa shape index (κ2) is 5.58. The molecule has 2 aliphatic rings. The highest BCUT2D eigenvalue weighted by atomic mass is 16.5. The van der Waals surface area contributed by atoms with Gasteiger partial charge in [-0.3, -0.25) is 4.90 Å². The van der Waals surface area contributed by atoms with Gasteiger partial charge >= 0.3 is 0 Å². The number of aromatic nitrogens is 2. The minimum absolute atomic E-state index is 0.146. The fourth-order valence-corrected chi connectivity index (χ4v) is 4.39. The van der Waals surface area contributed by atoms with E-state index in [1.807, 2.05) is 36.5 Å². The van der Waals surface area contributed by atoms with Gasteiger partial charge in [0.15, 0.2) is 0 Å². The third-order valence-corrected chi connectivity index (χ3v) is 5.64. The fourth-order valence-electron chi connectivity index (χ4n) is 4.39. The van der Waals surface area contributed by atoms with Gasteiger partial charge in [0.2, 0.25) is 0 Å². The number of para-hydroxylation sites is 1. The summed E-state index contributed by atoms with van der Waals surface area (Å²) in [5, 5.41) is 10.1. The molecule has 0 radical (unpaired) electrons. The van der Waals surface area contributed by atoms with E-state index in [1.165, 1.54) is 5.56 Å². The normalized spacial score (nSPS) is 25.6. The number of aliphatic hydroxyl groups excluding tert-OH is 1. The van der Waals surface area contributed by atoms with Crippen molar-refractivity contribution in [2.75, 3.05) is 26.3 Å². The second-order valence-electron chi connectivity index (χ2n) is 7.27. The Morgan fingerprint density at radius 2 is 2.08 bits per heavy atom. The van der Waals surface area contributed by atoms with E-state index in [2.05, 4.69) is 27.6 Å². The minimum atomic E-state index is -0.215. The Labute approximate surface area is 146 Å². The summed E-state index contributed by atoms with van der Waals surface area (Å²) < 4.78 is 8.03. The van der Waals surface area contributed by atoms with Gasteiger partial charge in [0.1, 0.15) is 11.4 Å². The molecule has 0 aliphatic carbocycles. The summed E-state index contributed by atoms with van der Waals surface area (Å²) in [6.45, 7) is 3.27. The van der Waals surface area contributed by atoms with E-state index in [1.54, 1.807) is 0 Å². The van der Waals surface area contributed by atoms with Gasteiger partial charge in [0.25, 0.3) is 0 Å². The van der Waals surface area contributed by atoms with Crippen molar-refractivity contribution in [1.29, 1.82) is 0 Å². The summed E-state index contributed by atoms with van der Waals surface area (Å²) in [6, 6.07) is 14.3. The molecule has 2 aliphatic heterocycles. The molecule has 2 aromatic heterocycles. The average Bonchev–Trinajstić information content (AvgIpc) is 3.22. The first kappa shape index (κ1) is 14.9. The lowest BCUT2D eigenvalue weighted by Crippen LogP contribution is -2.42. The molecule has 1 N–H and O–H groups in total. The Morgan fingerprint density at radius 1 is 1.20 bits per heavy atom. The van der Waals surface area contributed by atoms with E-state index in [4.69, 9.17) is 9.72 Å². The van der Waals surface area contributed by atoms with Crippen LogP contribution in [0.15, 0.2) is 54.9 Å². The maximum atomic E-state index is 10.1. The van der Waals surface area contributed by atoms with Crippen LogP contribution < -0.4 is 4.74 Å². The first-order valence-electron chi connectivity index (χ1n) is 8.75. The number of ether oxygens (including phenoxy) is 1. The molecule has 5 heteroatoms. The van der Waals surface area contributed by atoms with Gasteiger partial charge in [0.05, 0.1) is 18.9 Å². The highest BCUT2D eigenvalue weighted by molar-refractivity contribution is 5.42. The van der Waals surface area contributed by atoms with Gasteiger partial charge in [-0.05, 0) is 23.8 Å². The number of likely N-dealkylation sites (tertiary alicyclic amines) is 1. The van der Waals surface area contributed by atoms with Crippen molar-refractivity contribution in [1.82, 2.24) is 14.3 Å². The van der Waals surface area contributed by atoms with E-state index in [0.29, 0.717) is 12.5 Å². The highest BCUT2D eigenvalue weighted by Crippen LogP contribution is 2.49. The number of nitrogens with zero attached hydrogens (tertiary/aromatic N) is 3. The number of pyridine rings is 1. The summed E-state index contributed by atoms with van der Waals surface area (Å²) in [7, 11) is 0. The first-order chi connectivity index (χ1) is 12.3. The molecule has 1 aromatic carbocycles. The van der Waals surface area contributed by atoms with Gasteiger partial charge in [-0.15, -0.1) is 0 Å². The molecule has 1 fully saturated rings. The largest absolute Gasteiger partial charge is 0.493 e. The number of rotatable bonds is 3. The van der Waals surface area contributed by atoms with Crippen LogP contribution in [0.4, 0.5) is 0 Å². The molecule has 0 spiro atoms. The van der Waals surface area contributed by atoms with Crippen molar-refractivity contribution in [2.45, 2.75) is 12.5 Å². The predicted molar refractivity (Wildman–Crippen MR) is 94.7 cm³/mol. The average molecular weight is 335 g/mol. The number of benzene rings is 1. The Kier molecular flexibility index (Phi) is 3.33. The lowest BCUT2D eigenvalue weighted by Gasteiger charge is -2.38. The maximum Gasteiger partial charge on any atom is 0.137 e. The molecule has 5 nitrogen and oxygen atoms in total. The van der Waals surface area contributed by atoms with Gasteiger partial charge in [0, 0.05) is 43.4 Å². The van der Waals surface area contributed by atoms with Gasteiger partial charge < -0.3 is 14.2 Å². The van der Waals surface area contributed by atoms with Crippen LogP contribution in [0.5, 0.6) is 5.75 Å². The lowest BCUT2D eigenvalue weighted by atomic mass is 9.74. The molecule has 0 bridgehead atoms. The molecule has 5 rings (SSSR count). The van der Waals surface area contributed by atoms with Crippen molar-refractivity contribution in [2.24, 2.45) is 5.41 Å². The summed E-state index contributed by atoms with van der Waals surface area (Å²) in [5.74, 6) is 1.27. The van der Waals surface area contributed by atoms with Crippen LogP contribution in [-0.2, 0) is 6.54 Å². The summed E-state index contributed by atoms with van der Waals surface area (Å²) in [5.41, 5.74) is 3.04.